The molecule has 2 aromatic rings. The molecule has 0 aliphatic rings. The van der Waals surface area contributed by atoms with Crippen LogP contribution in [0.4, 0.5) is 15.6 Å². The lowest BCUT2D eigenvalue weighted by atomic mass is 10.2. The van der Waals surface area contributed by atoms with Gasteiger partial charge in [0.15, 0.2) is 4.34 Å². The van der Waals surface area contributed by atoms with Crippen LogP contribution in [0.15, 0.2) is 28.6 Å². The molecule has 112 valence electrons. The summed E-state index contributed by atoms with van der Waals surface area (Å²) in [5.74, 6) is 0.806. The molecule has 21 heavy (non-hydrogen) atoms. The van der Waals surface area contributed by atoms with Crippen molar-refractivity contribution in [1.29, 1.82) is 0 Å². The van der Waals surface area contributed by atoms with E-state index in [-0.39, 0.29) is 6.03 Å². The molecule has 1 heterocycles. The minimum absolute atomic E-state index is 0.330. The van der Waals surface area contributed by atoms with Gasteiger partial charge in [0, 0.05) is 18.6 Å². The summed E-state index contributed by atoms with van der Waals surface area (Å²) in [4.78, 5) is 11.8. The molecule has 1 aromatic carbocycles. The normalized spacial score (nSPS) is 10.4. The maximum Gasteiger partial charge on any atom is 0.325 e. The van der Waals surface area contributed by atoms with Gasteiger partial charge in [-0.3, -0.25) is 5.32 Å². The number of hydrogen-bond acceptors (Lipinski definition) is 6. The fraction of sp³-hybridized carbons (Fsp3) is 0.308. The first-order valence-electron chi connectivity index (χ1n) is 6.27. The minimum atomic E-state index is -0.330. The largest absolute Gasteiger partial charge is 0.384 e. The maximum absolute atomic E-state index is 11.8. The van der Waals surface area contributed by atoms with Crippen molar-refractivity contribution in [1.82, 2.24) is 10.2 Å². The summed E-state index contributed by atoms with van der Waals surface area (Å²) in [5.41, 5.74) is 1.88. The van der Waals surface area contributed by atoms with Crippen molar-refractivity contribution in [2.45, 2.75) is 11.3 Å². The van der Waals surface area contributed by atoms with Gasteiger partial charge in [-0.1, -0.05) is 40.8 Å². The number of thioether (sulfide) groups is 1. The summed E-state index contributed by atoms with van der Waals surface area (Å²) in [5, 5.41) is 13.8. The Morgan fingerprint density at radius 2 is 2.05 bits per heavy atom. The number of nitrogens with zero attached hydrogens (tertiary/aromatic N) is 2. The molecule has 1 aromatic heterocycles. The molecule has 0 aliphatic carbocycles. The molecule has 2 amide bonds. The quantitative estimate of drug-likeness (QED) is 0.485. The van der Waals surface area contributed by atoms with E-state index in [1.165, 1.54) is 11.3 Å². The second-order valence-electron chi connectivity index (χ2n) is 4.16. The molecular weight excluding hydrogens is 308 g/mol. The van der Waals surface area contributed by atoms with E-state index >= 15 is 0 Å². The number of nitrogens with one attached hydrogen (secondary N) is 2. The number of benzene rings is 1. The molecule has 0 bridgehead atoms. The van der Waals surface area contributed by atoms with Gasteiger partial charge in [0.25, 0.3) is 0 Å². The van der Waals surface area contributed by atoms with Gasteiger partial charge in [-0.25, -0.2) is 4.79 Å². The van der Waals surface area contributed by atoms with Gasteiger partial charge in [-0.2, -0.15) is 0 Å². The molecule has 0 radical (unpaired) electrons. The average Bonchev–Trinajstić information content (AvgIpc) is 2.89. The van der Waals surface area contributed by atoms with Crippen molar-refractivity contribution in [2.24, 2.45) is 0 Å². The average molecular weight is 324 g/mol. The van der Waals surface area contributed by atoms with Crippen LogP contribution in [-0.2, 0) is 4.74 Å². The van der Waals surface area contributed by atoms with Crippen LogP contribution in [-0.4, -0.2) is 35.7 Å². The summed E-state index contributed by atoms with van der Waals surface area (Å²) >= 11 is 2.88. The van der Waals surface area contributed by atoms with Crippen LogP contribution >= 0.6 is 23.1 Å². The lowest BCUT2D eigenvalue weighted by Gasteiger charge is -2.04. The summed E-state index contributed by atoms with van der Waals surface area (Å²) in [6.07, 6.45) is 0. The standard InChI is InChI=1S/C13H16N4O2S2/c1-9-3-5-10(6-4-9)14-11(18)15-12-16-17-13(21-12)20-8-7-19-2/h3-6H,7-8H2,1-2H3,(H2,14,15,16,18). The van der Waals surface area contributed by atoms with E-state index in [2.05, 4.69) is 20.8 Å². The van der Waals surface area contributed by atoms with E-state index in [1.54, 1.807) is 18.9 Å². The predicted molar refractivity (Wildman–Crippen MR) is 86.3 cm³/mol. The maximum atomic E-state index is 11.8. The highest BCUT2D eigenvalue weighted by Gasteiger charge is 2.08. The van der Waals surface area contributed by atoms with Crippen molar-refractivity contribution in [3.8, 4) is 0 Å². The zero-order chi connectivity index (χ0) is 15.1. The highest BCUT2D eigenvalue weighted by molar-refractivity contribution is 8.01. The number of rotatable bonds is 6. The molecule has 8 heteroatoms. The molecule has 0 saturated heterocycles. The van der Waals surface area contributed by atoms with Crippen molar-refractivity contribution >= 4 is 39.9 Å². The number of methoxy groups -OCH3 is 1. The number of amides is 2. The zero-order valence-electron chi connectivity index (χ0n) is 11.8. The lowest BCUT2D eigenvalue weighted by molar-refractivity contribution is 0.218. The topological polar surface area (TPSA) is 76.1 Å². The highest BCUT2D eigenvalue weighted by Crippen LogP contribution is 2.25. The monoisotopic (exact) mass is 324 g/mol. The van der Waals surface area contributed by atoms with Crippen LogP contribution in [0, 0.1) is 6.92 Å². The number of hydrogen-bond donors (Lipinski definition) is 2. The van der Waals surface area contributed by atoms with E-state index in [0.29, 0.717) is 11.7 Å². The molecule has 0 saturated carbocycles. The smallest absolute Gasteiger partial charge is 0.325 e. The highest BCUT2D eigenvalue weighted by atomic mass is 32.2. The summed E-state index contributed by atoms with van der Waals surface area (Å²) in [6, 6.07) is 7.24. The fourth-order valence-corrected chi connectivity index (χ4v) is 3.15. The second-order valence-corrected chi connectivity index (χ2v) is 6.48. The fourth-order valence-electron chi connectivity index (χ4n) is 1.43. The summed E-state index contributed by atoms with van der Waals surface area (Å²) in [7, 11) is 1.66. The third-order valence-electron chi connectivity index (χ3n) is 2.45. The Balaban J connectivity index is 1.83. The van der Waals surface area contributed by atoms with Crippen LogP contribution in [0.3, 0.4) is 0 Å². The number of aryl methyl sites for hydroxylation is 1. The first-order valence-corrected chi connectivity index (χ1v) is 8.07. The number of anilines is 2. The van der Waals surface area contributed by atoms with Gasteiger partial charge in [0.2, 0.25) is 5.13 Å². The summed E-state index contributed by atoms with van der Waals surface area (Å²) in [6.45, 7) is 2.65. The second kappa shape index (κ2) is 7.96. The van der Waals surface area contributed by atoms with Gasteiger partial charge >= 0.3 is 6.03 Å². The number of carbonyl (C=O) groups excluding carboxylic acids is 1. The van der Waals surface area contributed by atoms with Gasteiger partial charge < -0.3 is 10.1 Å². The van der Waals surface area contributed by atoms with Gasteiger partial charge in [0.1, 0.15) is 0 Å². The van der Waals surface area contributed by atoms with E-state index < -0.39 is 0 Å². The van der Waals surface area contributed by atoms with Crippen LogP contribution in [0.1, 0.15) is 5.56 Å². The predicted octanol–water partition coefficient (Wildman–Crippen LogP) is 3.23. The molecule has 6 nitrogen and oxygen atoms in total. The minimum Gasteiger partial charge on any atom is -0.384 e. The van der Waals surface area contributed by atoms with Crippen LogP contribution < -0.4 is 10.6 Å². The van der Waals surface area contributed by atoms with Gasteiger partial charge in [0.05, 0.1) is 6.61 Å². The van der Waals surface area contributed by atoms with Crippen LogP contribution in [0.25, 0.3) is 0 Å². The molecule has 0 aliphatic heterocycles. The molecule has 0 spiro atoms. The third-order valence-corrected chi connectivity index (χ3v) is 4.39. The van der Waals surface area contributed by atoms with E-state index in [9.17, 15) is 4.79 Å². The summed E-state index contributed by atoms with van der Waals surface area (Å²) < 4.78 is 5.77. The molecule has 0 atom stereocenters. The Morgan fingerprint density at radius 3 is 2.76 bits per heavy atom. The Hall–Kier alpha value is -1.64. The van der Waals surface area contributed by atoms with E-state index in [1.807, 2.05) is 31.2 Å². The van der Waals surface area contributed by atoms with Crippen molar-refractivity contribution in [2.75, 3.05) is 30.1 Å². The Morgan fingerprint density at radius 1 is 1.29 bits per heavy atom. The van der Waals surface area contributed by atoms with Crippen molar-refractivity contribution < 1.29 is 9.53 Å². The van der Waals surface area contributed by atoms with E-state index in [0.717, 1.165) is 21.3 Å². The molecule has 0 fully saturated rings. The lowest BCUT2D eigenvalue weighted by Crippen LogP contribution is -2.19. The first-order chi connectivity index (χ1) is 10.2. The third kappa shape index (κ3) is 5.33. The zero-order valence-corrected chi connectivity index (χ0v) is 13.4. The molecule has 2 rings (SSSR count). The SMILES string of the molecule is COCCSc1nnc(NC(=O)Nc2ccc(C)cc2)s1. The van der Waals surface area contributed by atoms with Gasteiger partial charge in [-0.05, 0) is 19.1 Å². The van der Waals surface area contributed by atoms with Crippen molar-refractivity contribution in [3.63, 3.8) is 0 Å². The number of aromatic nitrogens is 2. The van der Waals surface area contributed by atoms with Crippen LogP contribution in [0.5, 0.6) is 0 Å². The Labute approximate surface area is 131 Å². The first kappa shape index (κ1) is 15.7. The number of ether oxygens (including phenoxy) is 1. The van der Waals surface area contributed by atoms with Crippen molar-refractivity contribution in [3.05, 3.63) is 29.8 Å². The molecule has 0 unspecified atom stereocenters. The molecular formula is C13H16N4O2S2. The molecule has 2 N–H and O–H groups in total. The van der Waals surface area contributed by atoms with E-state index in [4.69, 9.17) is 4.74 Å². The number of urea groups is 1. The Bertz CT molecular complexity index is 586. The van der Waals surface area contributed by atoms with Crippen LogP contribution in [0.2, 0.25) is 0 Å². The Kier molecular flexibility index (Phi) is 5.97. The number of carbonyl (C=O) groups is 1. The van der Waals surface area contributed by atoms with Gasteiger partial charge in [-0.15, -0.1) is 10.2 Å².